The molecule has 1 aromatic carbocycles. The monoisotopic (exact) mass is 451 g/mol. The SMILES string of the molecule is CCCCN(Cc1cccn1C)C(=O)CN(C(=O)c1cc(Cl)cc(Cl)c1)C(C)CC. The Bertz CT molecular complexity index is 846. The molecule has 1 heterocycles. The molecule has 7 heteroatoms. The number of halogens is 2. The van der Waals surface area contributed by atoms with E-state index in [2.05, 4.69) is 6.92 Å². The maximum atomic E-state index is 13.3. The molecular weight excluding hydrogens is 421 g/mol. The molecule has 2 amide bonds. The van der Waals surface area contributed by atoms with E-state index < -0.39 is 0 Å². The van der Waals surface area contributed by atoms with Gasteiger partial charge in [-0.2, -0.15) is 0 Å². The lowest BCUT2D eigenvalue weighted by Gasteiger charge is -2.31. The van der Waals surface area contributed by atoms with Crippen LogP contribution in [-0.2, 0) is 18.4 Å². The lowest BCUT2D eigenvalue weighted by atomic mass is 10.1. The van der Waals surface area contributed by atoms with Crippen molar-refractivity contribution < 1.29 is 9.59 Å². The van der Waals surface area contributed by atoms with Gasteiger partial charge in [-0.05, 0) is 50.1 Å². The van der Waals surface area contributed by atoms with Gasteiger partial charge < -0.3 is 14.4 Å². The van der Waals surface area contributed by atoms with Gasteiger partial charge >= 0.3 is 0 Å². The van der Waals surface area contributed by atoms with Gasteiger partial charge in [-0.15, -0.1) is 0 Å². The predicted octanol–water partition coefficient (Wildman–Crippen LogP) is 5.40. The van der Waals surface area contributed by atoms with Crippen molar-refractivity contribution in [3.63, 3.8) is 0 Å². The van der Waals surface area contributed by atoms with Crippen molar-refractivity contribution in [2.75, 3.05) is 13.1 Å². The third-order valence-corrected chi connectivity index (χ3v) is 5.77. The van der Waals surface area contributed by atoms with Crippen molar-refractivity contribution in [2.45, 2.75) is 52.6 Å². The average molecular weight is 452 g/mol. The second-order valence-electron chi connectivity index (χ2n) is 7.63. The molecule has 0 aliphatic heterocycles. The maximum absolute atomic E-state index is 13.3. The highest BCUT2D eigenvalue weighted by atomic mass is 35.5. The third kappa shape index (κ3) is 6.51. The van der Waals surface area contributed by atoms with Crippen LogP contribution in [0.5, 0.6) is 0 Å². The highest BCUT2D eigenvalue weighted by Crippen LogP contribution is 2.21. The number of benzene rings is 1. The standard InChI is InChI=1S/C23H31Cl2N3O2/c1-5-7-11-27(15-21-9-8-10-26(21)4)22(29)16-28(17(3)6-2)23(30)18-12-19(24)14-20(25)13-18/h8-10,12-14,17H,5-7,11,15-16H2,1-4H3. The number of hydrogen-bond acceptors (Lipinski definition) is 2. The summed E-state index contributed by atoms with van der Waals surface area (Å²) in [6.07, 6.45) is 4.61. The second-order valence-corrected chi connectivity index (χ2v) is 8.50. The van der Waals surface area contributed by atoms with Gasteiger partial charge in [0.05, 0.1) is 6.54 Å². The average Bonchev–Trinajstić information content (AvgIpc) is 3.11. The third-order valence-electron chi connectivity index (χ3n) is 5.34. The number of nitrogens with zero attached hydrogens (tertiary/aromatic N) is 3. The summed E-state index contributed by atoms with van der Waals surface area (Å²) in [5.74, 6) is -0.303. The van der Waals surface area contributed by atoms with E-state index in [1.165, 1.54) is 0 Å². The Morgan fingerprint density at radius 2 is 1.80 bits per heavy atom. The first-order valence-corrected chi connectivity index (χ1v) is 11.2. The van der Waals surface area contributed by atoms with Gasteiger partial charge in [0.25, 0.3) is 5.91 Å². The lowest BCUT2D eigenvalue weighted by Crippen LogP contribution is -2.46. The highest BCUT2D eigenvalue weighted by molar-refractivity contribution is 6.35. The second kappa shape index (κ2) is 11.4. The molecule has 0 saturated carbocycles. The van der Waals surface area contributed by atoms with Gasteiger partial charge in [-0.3, -0.25) is 9.59 Å². The van der Waals surface area contributed by atoms with Crippen molar-refractivity contribution >= 4 is 35.0 Å². The summed E-state index contributed by atoms with van der Waals surface area (Å²) in [6.45, 7) is 7.25. The van der Waals surface area contributed by atoms with Crippen LogP contribution in [0.3, 0.4) is 0 Å². The van der Waals surface area contributed by atoms with Crippen LogP contribution in [0.2, 0.25) is 10.0 Å². The summed E-state index contributed by atoms with van der Waals surface area (Å²) in [7, 11) is 1.97. The van der Waals surface area contributed by atoms with E-state index in [1.54, 1.807) is 23.1 Å². The van der Waals surface area contributed by atoms with Crippen LogP contribution in [0.4, 0.5) is 0 Å². The summed E-state index contributed by atoms with van der Waals surface area (Å²) in [5, 5.41) is 0.795. The largest absolute Gasteiger partial charge is 0.353 e. The van der Waals surface area contributed by atoms with Gasteiger partial charge in [0.1, 0.15) is 6.54 Å². The van der Waals surface area contributed by atoms with Crippen LogP contribution in [-0.4, -0.2) is 45.3 Å². The summed E-state index contributed by atoms with van der Waals surface area (Å²) >= 11 is 12.2. The molecule has 0 radical (unpaired) electrons. The zero-order valence-electron chi connectivity index (χ0n) is 18.2. The summed E-state index contributed by atoms with van der Waals surface area (Å²) in [5.41, 5.74) is 1.45. The topological polar surface area (TPSA) is 45.6 Å². The van der Waals surface area contributed by atoms with Crippen LogP contribution in [0, 0.1) is 0 Å². The van der Waals surface area contributed by atoms with Crippen LogP contribution in [0.1, 0.15) is 56.1 Å². The predicted molar refractivity (Wildman–Crippen MR) is 123 cm³/mol. The molecule has 0 aliphatic carbocycles. The molecule has 0 saturated heterocycles. The van der Waals surface area contributed by atoms with Crippen LogP contribution in [0.25, 0.3) is 0 Å². The fourth-order valence-corrected chi connectivity index (χ4v) is 3.76. The fourth-order valence-electron chi connectivity index (χ4n) is 3.23. The quantitative estimate of drug-likeness (QED) is 0.485. The fraction of sp³-hybridized carbons (Fsp3) is 0.478. The number of amides is 2. The molecular formula is C23H31Cl2N3O2. The minimum atomic E-state index is -0.239. The van der Waals surface area contributed by atoms with Crippen molar-refractivity contribution in [3.05, 3.63) is 57.8 Å². The number of carbonyl (C=O) groups excluding carboxylic acids is 2. The molecule has 0 N–H and O–H groups in total. The first-order valence-electron chi connectivity index (χ1n) is 10.4. The Labute approximate surface area is 189 Å². The Balaban J connectivity index is 2.24. The number of aromatic nitrogens is 1. The Kier molecular flexibility index (Phi) is 9.25. The molecule has 164 valence electrons. The minimum absolute atomic E-state index is 0.0199. The number of hydrogen-bond donors (Lipinski definition) is 0. The Morgan fingerprint density at radius 3 is 2.33 bits per heavy atom. The zero-order chi connectivity index (χ0) is 22.3. The van der Waals surface area contributed by atoms with Gasteiger partial charge in [0, 0.05) is 47.1 Å². The molecule has 1 aromatic heterocycles. The maximum Gasteiger partial charge on any atom is 0.254 e. The number of unbranched alkanes of at least 4 members (excludes halogenated alkanes) is 1. The van der Waals surface area contributed by atoms with Crippen molar-refractivity contribution in [1.82, 2.24) is 14.4 Å². The minimum Gasteiger partial charge on any atom is -0.353 e. The van der Waals surface area contributed by atoms with E-state index in [0.29, 0.717) is 28.7 Å². The molecule has 0 bridgehead atoms. The molecule has 0 spiro atoms. The van der Waals surface area contributed by atoms with Crippen LogP contribution < -0.4 is 0 Å². The van der Waals surface area contributed by atoms with Gasteiger partial charge in [-0.1, -0.05) is 43.5 Å². The first-order chi connectivity index (χ1) is 14.3. The van der Waals surface area contributed by atoms with Crippen molar-refractivity contribution in [2.24, 2.45) is 7.05 Å². The number of aryl methyl sites for hydroxylation is 1. The smallest absolute Gasteiger partial charge is 0.254 e. The van der Waals surface area contributed by atoms with Gasteiger partial charge in [-0.25, -0.2) is 0 Å². The summed E-state index contributed by atoms with van der Waals surface area (Å²) < 4.78 is 2.01. The molecule has 0 fully saturated rings. The van der Waals surface area contributed by atoms with Gasteiger partial charge in [0.2, 0.25) is 5.91 Å². The van der Waals surface area contributed by atoms with E-state index in [0.717, 1.165) is 25.0 Å². The van der Waals surface area contributed by atoms with E-state index in [-0.39, 0.29) is 24.4 Å². The molecule has 1 unspecified atom stereocenters. The van der Waals surface area contributed by atoms with Crippen molar-refractivity contribution in [3.8, 4) is 0 Å². The summed E-state index contributed by atoms with van der Waals surface area (Å²) in [6, 6.07) is 8.66. The van der Waals surface area contributed by atoms with Crippen LogP contribution in [0.15, 0.2) is 36.5 Å². The van der Waals surface area contributed by atoms with E-state index in [1.807, 2.05) is 48.7 Å². The Hall–Kier alpha value is -1.98. The molecule has 30 heavy (non-hydrogen) atoms. The molecule has 2 aromatic rings. The van der Waals surface area contributed by atoms with Crippen molar-refractivity contribution in [1.29, 1.82) is 0 Å². The number of rotatable bonds is 10. The molecule has 0 aliphatic rings. The van der Waals surface area contributed by atoms with E-state index in [9.17, 15) is 9.59 Å². The Morgan fingerprint density at radius 1 is 1.13 bits per heavy atom. The first kappa shape index (κ1) is 24.3. The molecule has 2 rings (SSSR count). The highest BCUT2D eigenvalue weighted by Gasteiger charge is 2.26. The summed E-state index contributed by atoms with van der Waals surface area (Å²) in [4.78, 5) is 29.9. The zero-order valence-corrected chi connectivity index (χ0v) is 19.7. The molecule has 5 nitrogen and oxygen atoms in total. The lowest BCUT2D eigenvalue weighted by molar-refractivity contribution is -0.133. The van der Waals surface area contributed by atoms with Crippen LogP contribution >= 0.6 is 23.2 Å². The van der Waals surface area contributed by atoms with E-state index in [4.69, 9.17) is 23.2 Å². The van der Waals surface area contributed by atoms with E-state index >= 15 is 0 Å². The normalized spacial score (nSPS) is 11.9. The number of carbonyl (C=O) groups is 2. The molecule has 1 atom stereocenters. The van der Waals surface area contributed by atoms with Gasteiger partial charge in [0.15, 0.2) is 0 Å².